The van der Waals surface area contributed by atoms with E-state index in [2.05, 4.69) is 19.8 Å². The number of aryl methyl sites for hydroxylation is 1. The maximum atomic E-state index is 12.5. The van der Waals surface area contributed by atoms with E-state index in [0.717, 1.165) is 23.9 Å². The summed E-state index contributed by atoms with van der Waals surface area (Å²) < 4.78 is 57.7. The molecular formula is C15H12F4N2O3S. The smallest absolute Gasteiger partial charge is 0.387 e. The highest BCUT2D eigenvalue weighted by atomic mass is 32.1. The minimum Gasteiger partial charge on any atom is -0.435 e. The first-order chi connectivity index (χ1) is 11.8. The van der Waals surface area contributed by atoms with Crippen molar-refractivity contribution in [1.29, 1.82) is 0 Å². The zero-order valence-electron chi connectivity index (χ0n) is 12.7. The van der Waals surface area contributed by atoms with Crippen LogP contribution in [0.3, 0.4) is 0 Å². The van der Waals surface area contributed by atoms with Gasteiger partial charge in [0.1, 0.15) is 11.5 Å². The predicted octanol–water partition coefficient (Wildman–Crippen LogP) is 4.31. The van der Waals surface area contributed by atoms with E-state index in [-0.39, 0.29) is 11.3 Å². The first kappa shape index (κ1) is 18.7. The number of aromatic nitrogens is 1. The number of amides is 1. The standard InChI is InChI=1S/C15H12F4N2O3S/c1-8-7-25-15(20-8)21-12(22)5-3-9-2-4-10(23-13(16)17)6-11(9)24-14(18)19/h2-7,13-14H,1H3,(H,20,21,22)/b5-3+. The lowest BCUT2D eigenvalue weighted by molar-refractivity contribution is -0.111. The highest BCUT2D eigenvalue weighted by molar-refractivity contribution is 7.13. The van der Waals surface area contributed by atoms with Crippen LogP contribution in [0.2, 0.25) is 0 Å². The molecule has 1 aromatic heterocycles. The van der Waals surface area contributed by atoms with Crippen LogP contribution in [-0.4, -0.2) is 24.1 Å². The zero-order chi connectivity index (χ0) is 18.4. The van der Waals surface area contributed by atoms with Gasteiger partial charge < -0.3 is 9.47 Å². The van der Waals surface area contributed by atoms with Gasteiger partial charge in [-0.3, -0.25) is 10.1 Å². The molecule has 25 heavy (non-hydrogen) atoms. The molecule has 0 saturated carbocycles. The van der Waals surface area contributed by atoms with E-state index < -0.39 is 24.9 Å². The molecule has 2 rings (SSSR count). The van der Waals surface area contributed by atoms with Crippen LogP contribution in [0.15, 0.2) is 29.7 Å². The molecule has 2 aromatic rings. The number of thiazole rings is 1. The summed E-state index contributed by atoms with van der Waals surface area (Å²) >= 11 is 1.23. The van der Waals surface area contributed by atoms with Gasteiger partial charge in [-0.05, 0) is 25.1 Å². The highest BCUT2D eigenvalue weighted by Gasteiger charge is 2.12. The van der Waals surface area contributed by atoms with Gasteiger partial charge in [-0.2, -0.15) is 17.6 Å². The number of carbonyl (C=O) groups excluding carboxylic acids is 1. The average molecular weight is 376 g/mol. The summed E-state index contributed by atoms with van der Waals surface area (Å²) in [6, 6.07) is 3.25. The molecule has 1 heterocycles. The van der Waals surface area contributed by atoms with Crippen LogP contribution in [0.1, 0.15) is 11.3 Å². The Kier molecular flexibility index (Phi) is 6.34. The second-order valence-corrected chi connectivity index (χ2v) is 5.43. The van der Waals surface area contributed by atoms with E-state index in [4.69, 9.17) is 0 Å². The Labute approximate surface area is 143 Å². The second-order valence-electron chi connectivity index (χ2n) is 4.57. The molecule has 1 aromatic carbocycles. The first-order valence-corrected chi connectivity index (χ1v) is 7.66. The van der Waals surface area contributed by atoms with Crippen molar-refractivity contribution in [3.8, 4) is 11.5 Å². The minimum atomic E-state index is -3.17. The lowest BCUT2D eigenvalue weighted by Gasteiger charge is -2.11. The van der Waals surface area contributed by atoms with Gasteiger partial charge in [0.15, 0.2) is 5.13 Å². The lowest BCUT2D eigenvalue weighted by atomic mass is 10.1. The van der Waals surface area contributed by atoms with E-state index in [0.29, 0.717) is 5.13 Å². The summed E-state index contributed by atoms with van der Waals surface area (Å²) in [5.74, 6) is -1.28. The third-order valence-electron chi connectivity index (χ3n) is 2.69. The lowest BCUT2D eigenvalue weighted by Crippen LogP contribution is -2.08. The van der Waals surface area contributed by atoms with E-state index in [1.807, 2.05) is 0 Å². The number of anilines is 1. The molecule has 0 aliphatic rings. The van der Waals surface area contributed by atoms with Gasteiger partial charge >= 0.3 is 13.2 Å². The molecule has 1 amide bonds. The fraction of sp³-hybridized carbons (Fsp3) is 0.200. The number of hydrogen-bond donors (Lipinski definition) is 1. The molecule has 0 bridgehead atoms. The predicted molar refractivity (Wildman–Crippen MR) is 84.2 cm³/mol. The normalized spacial score (nSPS) is 11.3. The fourth-order valence-electron chi connectivity index (χ4n) is 1.75. The third-order valence-corrected chi connectivity index (χ3v) is 3.57. The second kappa shape index (κ2) is 8.47. The van der Waals surface area contributed by atoms with Crippen molar-refractivity contribution in [2.75, 3.05) is 5.32 Å². The Morgan fingerprint density at radius 3 is 2.56 bits per heavy atom. The molecule has 0 saturated heterocycles. The Morgan fingerprint density at radius 1 is 1.24 bits per heavy atom. The molecular weight excluding hydrogens is 364 g/mol. The van der Waals surface area contributed by atoms with Crippen LogP contribution in [0, 0.1) is 6.92 Å². The van der Waals surface area contributed by atoms with E-state index in [1.165, 1.54) is 23.5 Å². The highest BCUT2D eigenvalue weighted by Crippen LogP contribution is 2.28. The van der Waals surface area contributed by atoms with Crippen molar-refractivity contribution >= 4 is 28.5 Å². The van der Waals surface area contributed by atoms with Gasteiger partial charge in [-0.15, -0.1) is 11.3 Å². The number of hydrogen-bond acceptors (Lipinski definition) is 5. The van der Waals surface area contributed by atoms with Gasteiger partial charge in [0, 0.05) is 23.1 Å². The van der Waals surface area contributed by atoms with Gasteiger partial charge in [-0.1, -0.05) is 0 Å². The topological polar surface area (TPSA) is 60.5 Å². The van der Waals surface area contributed by atoms with E-state index in [1.54, 1.807) is 12.3 Å². The molecule has 0 unspecified atom stereocenters. The molecule has 0 fully saturated rings. The van der Waals surface area contributed by atoms with Crippen molar-refractivity contribution in [3.63, 3.8) is 0 Å². The third kappa shape index (κ3) is 6.07. The van der Waals surface area contributed by atoms with Crippen molar-refractivity contribution in [2.45, 2.75) is 20.1 Å². The number of ether oxygens (including phenoxy) is 2. The van der Waals surface area contributed by atoms with Crippen LogP contribution >= 0.6 is 11.3 Å². The molecule has 10 heteroatoms. The van der Waals surface area contributed by atoms with E-state index in [9.17, 15) is 22.4 Å². The summed E-state index contributed by atoms with van der Waals surface area (Å²) in [5.41, 5.74) is 0.832. The quantitative estimate of drug-likeness (QED) is 0.578. The van der Waals surface area contributed by atoms with Crippen LogP contribution in [0.4, 0.5) is 22.7 Å². The molecule has 0 spiro atoms. The van der Waals surface area contributed by atoms with Crippen molar-refractivity contribution in [2.24, 2.45) is 0 Å². The molecule has 134 valence electrons. The average Bonchev–Trinajstić information content (AvgIpc) is 2.90. The maximum Gasteiger partial charge on any atom is 0.387 e. The van der Waals surface area contributed by atoms with Gasteiger partial charge in [0.25, 0.3) is 0 Å². The monoisotopic (exact) mass is 376 g/mol. The van der Waals surface area contributed by atoms with Crippen LogP contribution < -0.4 is 14.8 Å². The summed E-state index contributed by atoms with van der Waals surface area (Å²) in [7, 11) is 0. The Hall–Kier alpha value is -2.62. The van der Waals surface area contributed by atoms with Crippen LogP contribution in [0.5, 0.6) is 11.5 Å². The zero-order valence-corrected chi connectivity index (χ0v) is 13.5. The Bertz CT molecular complexity index is 765. The number of nitrogens with one attached hydrogen (secondary N) is 1. The van der Waals surface area contributed by atoms with E-state index >= 15 is 0 Å². The van der Waals surface area contributed by atoms with Crippen molar-refractivity contribution < 1.29 is 31.8 Å². The number of nitrogens with zero attached hydrogens (tertiary/aromatic N) is 1. The summed E-state index contributed by atoms with van der Waals surface area (Å²) in [6.45, 7) is -4.51. The maximum absolute atomic E-state index is 12.5. The Balaban J connectivity index is 2.14. The first-order valence-electron chi connectivity index (χ1n) is 6.78. The SMILES string of the molecule is Cc1csc(NC(=O)/C=C/c2ccc(OC(F)F)cc2OC(F)F)n1. The number of rotatable bonds is 7. The Morgan fingerprint density at radius 2 is 1.96 bits per heavy atom. The molecule has 0 atom stereocenters. The number of carbonyl (C=O) groups is 1. The minimum absolute atomic E-state index is 0.0902. The number of halogens is 4. The summed E-state index contributed by atoms with van der Waals surface area (Å²) in [5, 5.41) is 4.63. The van der Waals surface area contributed by atoms with Gasteiger partial charge in [-0.25, -0.2) is 4.98 Å². The fourth-order valence-corrected chi connectivity index (χ4v) is 2.44. The van der Waals surface area contributed by atoms with Crippen molar-refractivity contribution in [1.82, 2.24) is 4.98 Å². The summed E-state index contributed by atoms with van der Waals surface area (Å²) in [6.07, 6.45) is 2.29. The molecule has 0 radical (unpaired) electrons. The van der Waals surface area contributed by atoms with Crippen LogP contribution in [0.25, 0.3) is 6.08 Å². The van der Waals surface area contributed by atoms with Gasteiger partial charge in [0.05, 0.1) is 5.69 Å². The molecule has 1 N–H and O–H groups in total. The van der Waals surface area contributed by atoms with Crippen LogP contribution in [-0.2, 0) is 4.79 Å². The molecule has 5 nitrogen and oxygen atoms in total. The molecule has 0 aliphatic carbocycles. The van der Waals surface area contributed by atoms with Gasteiger partial charge in [0.2, 0.25) is 5.91 Å². The summed E-state index contributed by atoms with van der Waals surface area (Å²) in [4.78, 5) is 15.8. The number of benzene rings is 1. The number of alkyl halides is 4. The molecule has 0 aliphatic heterocycles. The van der Waals surface area contributed by atoms with Crippen molar-refractivity contribution in [3.05, 3.63) is 40.9 Å². The largest absolute Gasteiger partial charge is 0.435 e.